The Balaban J connectivity index is 2.46. The number of nitro benzene ring substituents is 1. The van der Waals surface area contributed by atoms with E-state index in [1.54, 1.807) is 24.3 Å². The van der Waals surface area contributed by atoms with Crippen LogP contribution in [0.25, 0.3) is 0 Å². The molecule has 0 spiro atoms. The molecule has 18 heavy (non-hydrogen) atoms. The van der Waals surface area contributed by atoms with Crippen molar-refractivity contribution in [2.45, 2.75) is 6.92 Å². The monoisotopic (exact) mass is 241 g/mol. The molecule has 0 amide bonds. The van der Waals surface area contributed by atoms with Crippen LogP contribution in [0.3, 0.4) is 0 Å². The lowest BCUT2D eigenvalue weighted by Crippen LogP contribution is -2.05. The van der Waals surface area contributed by atoms with Gasteiger partial charge in [0.05, 0.1) is 4.92 Å². The maximum atomic E-state index is 12.2. The average molecular weight is 241 g/mol. The molecule has 2 rings (SSSR count). The summed E-state index contributed by atoms with van der Waals surface area (Å²) < 4.78 is 0. The number of ketones is 1. The Hall–Kier alpha value is -2.49. The minimum atomic E-state index is -0.540. The van der Waals surface area contributed by atoms with E-state index in [-0.39, 0.29) is 17.0 Å². The number of aryl methyl sites for hydroxylation is 1. The topological polar surface area (TPSA) is 60.2 Å². The van der Waals surface area contributed by atoms with Crippen molar-refractivity contribution >= 4 is 11.5 Å². The minimum Gasteiger partial charge on any atom is -0.288 e. The molecule has 2 aromatic carbocycles. The second-order valence-electron chi connectivity index (χ2n) is 3.97. The summed E-state index contributed by atoms with van der Waals surface area (Å²) in [6.07, 6.45) is 0. The number of nitro groups is 1. The van der Waals surface area contributed by atoms with Crippen LogP contribution >= 0.6 is 0 Å². The van der Waals surface area contributed by atoms with Crippen LogP contribution in [0.1, 0.15) is 21.5 Å². The fourth-order valence-electron chi connectivity index (χ4n) is 1.69. The zero-order valence-electron chi connectivity index (χ0n) is 9.79. The van der Waals surface area contributed by atoms with Crippen LogP contribution in [0.4, 0.5) is 5.69 Å². The van der Waals surface area contributed by atoms with Crippen molar-refractivity contribution in [3.05, 3.63) is 75.3 Å². The molecule has 0 aliphatic carbocycles. The molecule has 0 heterocycles. The minimum absolute atomic E-state index is 0.117. The number of carbonyl (C=O) groups is 1. The van der Waals surface area contributed by atoms with Crippen molar-refractivity contribution in [3.8, 4) is 0 Å². The molecule has 0 aliphatic rings. The molecule has 0 N–H and O–H groups in total. The fraction of sp³-hybridized carbons (Fsp3) is 0.0714. The first-order valence-electron chi connectivity index (χ1n) is 5.44. The van der Waals surface area contributed by atoms with Gasteiger partial charge < -0.3 is 0 Å². The molecule has 0 aromatic heterocycles. The lowest BCUT2D eigenvalue weighted by Gasteiger charge is -2.02. The molecule has 0 atom stereocenters. The smallest absolute Gasteiger partial charge is 0.280 e. The molecule has 2 aromatic rings. The van der Waals surface area contributed by atoms with Gasteiger partial charge in [-0.2, -0.15) is 0 Å². The van der Waals surface area contributed by atoms with E-state index < -0.39 is 4.92 Å². The number of nitrogens with zero attached hydrogens (tertiary/aromatic N) is 1. The third-order valence-electron chi connectivity index (χ3n) is 2.66. The van der Waals surface area contributed by atoms with Gasteiger partial charge in [0.25, 0.3) is 5.69 Å². The van der Waals surface area contributed by atoms with E-state index in [4.69, 9.17) is 0 Å². The normalized spacial score (nSPS) is 10.1. The summed E-state index contributed by atoms with van der Waals surface area (Å²) in [5, 5.41) is 10.9. The van der Waals surface area contributed by atoms with Crippen molar-refractivity contribution in [1.29, 1.82) is 0 Å². The quantitative estimate of drug-likeness (QED) is 0.471. The van der Waals surface area contributed by atoms with E-state index in [0.717, 1.165) is 5.56 Å². The maximum absolute atomic E-state index is 12.2. The third-order valence-corrected chi connectivity index (χ3v) is 2.66. The second-order valence-corrected chi connectivity index (χ2v) is 3.97. The first kappa shape index (κ1) is 12.0. The zero-order valence-corrected chi connectivity index (χ0v) is 9.79. The highest BCUT2D eigenvalue weighted by atomic mass is 16.6. The van der Waals surface area contributed by atoms with Gasteiger partial charge in [-0.3, -0.25) is 14.9 Å². The highest BCUT2D eigenvalue weighted by molar-refractivity contribution is 6.11. The largest absolute Gasteiger partial charge is 0.288 e. The van der Waals surface area contributed by atoms with Crippen molar-refractivity contribution in [2.75, 3.05) is 0 Å². The van der Waals surface area contributed by atoms with Crippen molar-refractivity contribution in [2.24, 2.45) is 0 Å². The Kier molecular flexibility index (Phi) is 3.19. The highest BCUT2D eigenvalue weighted by Crippen LogP contribution is 2.21. The maximum Gasteiger partial charge on any atom is 0.280 e. The summed E-state index contributed by atoms with van der Waals surface area (Å²) in [6, 6.07) is 12.9. The van der Waals surface area contributed by atoms with E-state index >= 15 is 0 Å². The SMILES string of the molecule is Cc1ccc(C(=O)c2ccccc2[N+](=O)[O-])cc1. The van der Waals surface area contributed by atoms with Gasteiger partial charge in [-0.15, -0.1) is 0 Å². The molecule has 4 nitrogen and oxygen atoms in total. The summed E-state index contributed by atoms with van der Waals surface area (Å²) >= 11 is 0. The van der Waals surface area contributed by atoms with Crippen LogP contribution in [-0.2, 0) is 0 Å². The Bertz CT molecular complexity index is 603. The van der Waals surface area contributed by atoms with E-state index in [2.05, 4.69) is 0 Å². The van der Waals surface area contributed by atoms with Crippen LogP contribution in [-0.4, -0.2) is 10.7 Å². The van der Waals surface area contributed by atoms with Crippen LogP contribution in [0.5, 0.6) is 0 Å². The van der Waals surface area contributed by atoms with Crippen LogP contribution < -0.4 is 0 Å². The predicted molar refractivity (Wildman–Crippen MR) is 67.7 cm³/mol. The number of hydrogen-bond acceptors (Lipinski definition) is 3. The Morgan fingerprint density at radius 2 is 1.67 bits per heavy atom. The number of rotatable bonds is 3. The van der Waals surface area contributed by atoms with Crippen molar-refractivity contribution in [1.82, 2.24) is 0 Å². The van der Waals surface area contributed by atoms with Gasteiger partial charge in [-0.25, -0.2) is 0 Å². The Labute approximate surface area is 104 Å². The molecular formula is C14H11NO3. The zero-order chi connectivity index (χ0) is 13.1. The second kappa shape index (κ2) is 4.79. The first-order chi connectivity index (χ1) is 8.59. The third kappa shape index (κ3) is 2.27. The summed E-state index contributed by atoms with van der Waals surface area (Å²) in [7, 11) is 0. The lowest BCUT2D eigenvalue weighted by atomic mass is 10.0. The lowest BCUT2D eigenvalue weighted by molar-refractivity contribution is -0.385. The van der Waals surface area contributed by atoms with Gasteiger partial charge in [0.1, 0.15) is 5.56 Å². The molecule has 90 valence electrons. The molecule has 0 fully saturated rings. The predicted octanol–water partition coefficient (Wildman–Crippen LogP) is 3.13. The van der Waals surface area contributed by atoms with Crippen molar-refractivity contribution < 1.29 is 9.72 Å². The van der Waals surface area contributed by atoms with Gasteiger partial charge in [-0.1, -0.05) is 42.0 Å². The molecule has 0 radical (unpaired) electrons. The number of benzene rings is 2. The standard InChI is InChI=1S/C14H11NO3/c1-10-6-8-11(9-7-10)14(16)12-4-2-3-5-13(12)15(17)18/h2-9H,1H3. The fourth-order valence-corrected chi connectivity index (χ4v) is 1.69. The van der Waals surface area contributed by atoms with Crippen LogP contribution in [0.15, 0.2) is 48.5 Å². The van der Waals surface area contributed by atoms with E-state index in [0.29, 0.717) is 5.56 Å². The van der Waals surface area contributed by atoms with E-state index in [1.165, 1.54) is 12.1 Å². The molecular weight excluding hydrogens is 230 g/mol. The molecule has 0 unspecified atom stereocenters. The molecule has 0 saturated heterocycles. The Morgan fingerprint density at radius 1 is 1.06 bits per heavy atom. The van der Waals surface area contributed by atoms with Gasteiger partial charge in [0.2, 0.25) is 0 Å². The summed E-state index contributed by atoms with van der Waals surface area (Å²) in [4.78, 5) is 22.5. The molecule has 0 bridgehead atoms. The van der Waals surface area contributed by atoms with Gasteiger partial charge in [0.15, 0.2) is 5.78 Å². The van der Waals surface area contributed by atoms with Crippen molar-refractivity contribution in [3.63, 3.8) is 0 Å². The van der Waals surface area contributed by atoms with Gasteiger partial charge in [-0.05, 0) is 13.0 Å². The number of para-hydroxylation sites is 1. The highest BCUT2D eigenvalue weighted by Gasteiger charge is 2.20. The number of carbonyl (C=O) groups excluding carboxylic acids is 1. The molecule has 0 aliphatic heterocycles. The molecule has 0 saturated carbocycles. The Morgan fingerprint density at radius 3 is 2.28 bits per heavy atom. The molecule has 4 heteroatoms. The summed E-state index contributed by atoms with van der Waals surface area (Å²) in [5.74, 6) is -0.331. The first-order valence-corrected chi connectivity index (χ1v) is 5.44. The average Bonchev–Trinajstić information content (AvgIpc) is 2.39. The van der Waals surface area contributed by atoms with Crippen LogP contribution in [0, 0.1) is 17.0 Å². The van der Waals surface area contributed by atoms with Crippen LogP contribution in [0.2, 0.25) is 0 Å². The summed E-state index contributed by atoms with van der Waals surface area (Å²) in [5.41, 5.74) is 1.44. The van der Waals surface area contributed by atoms with E-state index in [1.807, 2.05) is 19.1 Å². The number of hydrogen-bond donors (Lipinski definition) is 0. The van der Waals surface area contributed by atoms with Gasteiger partial charge >= 0.3 is 0 Å². The van der Waals surface area contributed by atoms with E-state index in [9.17, 15) is 14.9 Å². The summed E-state index contributed by atoms with van der Waals surface area (Å²) in [6.45, 7) is 1.92. The van der Waals surface area contributed by atoms with Gasteiger partial charge in [0, 0.05) is 11.6 Å².